The van der Waals surface area contributed by atoms with E-state index in [-0.39, 0.29) is 11.9 Å². The SMILES string of the molecule is Cc1cc(C)c([C@@H](C)NC(=O)[C@H](C)N(c2ccc(Oc3ccccc3)cc2)S(C)(=O)=O)cc1C. The minimum Gasteiger partial charge on any atom is -0.457 e. The Bertz CT molecular complexity index is 1260. The van der Waals surface area contributed by atoms with E-state index in [9.17, 15) is 13.2 Å². The zero-order chi connectivity index (χ0) is 25.0. The molecule has 2 atom stereocenters. The van der Waals surface area contributed by atoms with Gasteiger partial charge in [-0.05, 0) is 93.3 Å². The predicted molar refractivity (Wildman–Crippen MR) is 137 cm³/mol. The Morgan fingerprint density at radius 3 is 2.00 bits per heavy atom. The van der Waals surface area contributed by atoms with E-state index in [4.69, 9.17) is 4.74 Å². The summed E-state index contributed by atoms with van der Waals surface area (Å²) < 4.78 is 32.2. The molecule has 0 unspecified atom stereocenters. The average Bonchev–Trinajstić information content (AvgIpc) is 2.77. The van der Waals surface area contributed by atoms with Gasteiger partial charge in [0, 0.05) is 0 Å². The lowest BCUT2D eigenvalue weighted by Gasteiger charge is -2.29. The lowest BCUT2D eigenvalue weighted by atomic mass is 9.96. The van der Waals surface area contributed by atoms with Crippen molar-refractivity contribution in [3.05, 3.63) is 89.0 Å². The molecule has 0 spiro atoms. The molecule has 180 valence electrons. The van der Waals surface area contributed by atoms with Crippen LogP contribution in [-0.2, 0) is 14.8 Å². The number of anilines is 1. The predicted octanol–water partition coefficient (Wildman–Crippen LogP) is 5.44. The van der Waals surface area contributed by atoms with Crippen LogP contribution in [0.3, 0.4) is 0 Å². The normalized spacial score (nSPS) is 13.1. The van der Waals surface area contributed by atoms with Gasteiger partial charge in [0.05, 0.1) is 18.0 Å². The van der Waals surface area contributed by atoms with Gasteiger partial charge in [-0.1, -0.05) is 30.3 Å². The van der Waals surface area contributed by atoms with Gasteiger partial charge in [-0.25, -0.2) is 8.42 Å². The van der Waals surface area contributed by atoms with Crippen molar-refractivity contribution < 1.29 is 17.9 Å². The summed E-state index contributed by atoms with van der Waals surface area (Å²) in [6.07, 6.45) is 1.10. The molecule has 0 heterocycles. The lowest BCUT2D eigenvalue weighted by Crippen LogP contribution is -2.48. The Hall–Kier alpha value is -3.32. The second-order valence-electron chi connectivity index (χ2n) is 8.67. The number of benzene rings is 3. The van der Waals surface area contributed by atoms with Gasteiger partial charge in [0.15, 0.2) is 0 Å². The Balaban J connectivity index is 1.79. The molecule has 0 aromatic heterocycles. The summed E-state index contributed by atoms with van der Waals surface area (Å²) in [5.74, 6) is 0.873. The first-order valence-corrected chi connectivity index (χ1v) is 13.0. The van der Waals surface area contributed by atoms with Crippen LogP contribution in [0.2, 0.25) is 0 Å². The number of amides is 1. The smallest absolute Gasteiger partial charge is 0.244 e. The van der Waals surface area contributed by atoms with Gasteiger partial charge in [0.1, 0.15) is 17.5 Å². The lowest BCUT2D eigenvalue weighted by molar-refractivity contribution is -0.122. The van der Waals surface area contributed by atoms with Crippen LogP contribution in [-0.4, -0.2) is 26.6 Å². The molecule has 0 aliphatic carbocycles. The molecular weight excluding hydrogens is 448 g/mol. The maximum Gasteiger partial charge on any atom is 0.244 e. The molecule has 7 heteroatoms. The van der Waals surface area contributed by atoms with Crippen molar-refractivity contribution in [1.29, 1.82) is 0 Å². The fourth-order valence-corrected chi connectivity index (χ4v) is 5.13. The number of sulfonamides is 1. The summed E-state index contributed by atoms with van der Waals surface area (Å²) in [6, 6.07) is 18.9. The maximum atomic E-state index is 13.1. The second-order valence-corrected chi connectivity index (χ2v) is 10.5. The second kappa shape index (κ2) is 10.3. The highest BCUT2D eigenvalue weighted by atomic mass is 32.2. The van der Waals surface area contributed by atoms with E-state index < -0.39 is 16.1 Å². The highest BCUT2D eigenvalue weighted by Crippen LogP contribution is 2.27. The third kappa shape index (κ3) is 5.97. The van der Waals surface area contributed by atoms with Gasteiger partial charge in [-0.15, -0.1) is 0 Å². The average molecular weight is 481 g/mol. The van der Waals surface area contributed by atoms with E-state index in [2.05, 4.69) is 24.4 Å². The molecule has 0 saturated carbocycles. The summed E-state index contributed by atoms with van der Waals surface area (Å²) >= 11 is 0. The van der Waals surface area contributed by atoms with Gasteiger partial charge < -0.3 is 10.1 Å². The standard InChI is InChI=1S/C27H32N2O4S/c1-18-16-20(3)26(17-19(18)2)21(4)28-27(30)22(5)29(34(6,31)32)23-12-14-25(15-13-23)33-24-10-8-7-9-11-24/h7-17,21-22H,1-6H3,(H,28,30)/t21-,22+/m1/s1. The Labute approximate surface area is 202 Å². The quantitative estimate of drug-likeness (QED) is 0.466. The van der Waals surface area contributed by atoms with E-state index in [1.807, 2.05) is 51.1 Å². The summed E-state index contributed by atoms with van der Waals surface area (Å²) in [5, 5.41) is 2.98. The van der Waals surface area contributed by atoms with Gasteiger partial charge in [0.2, 0.25) is 15.9 Å². The van der Waals surface area contributed by atoms with Crippen molar-refractivity contribution >= 4 is 21.6 Å². The molecule has 3 rings (SSSR count). The van der Waals surface area contributed by atoms with Gasteiger partial charge >= 0.3 is 0 Å². The molecule has 0 saturated heterocycles. The first-order chi connectivity index (χ1) is 16.0. The Morgan fingerprint density at radius 2 is 1.41 bits per heavy atom. The highest BCUT2D eigenvalue weighted by molar-refractivity contribution is 7.92. The molecule has 34 heavy (non-hydrogen) atoms. The number of nitrogens with zero attached hydrogens (tertiary/aromatic N) is 1. The Kier molecular flexibility index (Phi) is 7.67. The van der Waals surface area contributed by atoms with Crippen LogP contribution < -0.4 is 14.4 Å². The van der Waals surface area contributed by atoms with E-state index in [1.54, 1.807) is 31.2 Å². The van der Waals surface area contributed by atoms with Crippen molar-refractivity contribution in [3.8, 4) is 11.5 Å². The van der Waals surface area contributed by atoms with Crippen LogP contribution in [0.25, 0.3) is 0 Å². The van der Waals surface area contributed by atoms with Gasteiger partial charge in [-0.3, -0.25) is 9.10 Å². The number of rotatable bonds is 8. The molecule has 0 aliphatic rings. The molecular formula is C27H32N2O4S. The molecule has 0 radical (unpaired) electrons. The van der Waals surface area contributed by atoms with Crippen molar-refractivity contribution in [2.45, 2.75) is 46.7 Å². The van der Waals surface area contributed by atoms with Crippen molar-refractivity contribution in [1.82, 2.24) is 5.32 Å². The van der Waals surface area contributed by atoms with E-state index >= 15 is 0 Å². The Morgan fingerprint density at radius 1 is 0.853 bits per heavy atom. The number of nitrogens with one attached hydrogen (secondary N) is 1. The van der Waals surface area contributed by atoms with Crippen LogP contribution >= 0.6 is 0 Å². The minimum absolute atomic E-state index is 0.266. The summed E-state index contributed by atoms with van der Waals surface area (Å²) in [7, 11) is -3.72. The molecule has 3 aromatic carbocycles. The first-order valence-electron chi connectivity index (χ1n) is 11.2. The van der Waals surface area contributed by atoms with Crippen molar-refractivity contribution in [3.63, 3.8) is 0 Å². The number of hydrogen-bond donors (Lipinski definition) is 1. The third-order valence-corrected chi connectivity index (χ3v) is 7.11. The molecule has 6 nitrogen and oxygen atoms in total. The van der Waals surface area contributed by atoms with Crippen LogP contribution in [0.15, 0.2) is 66.7 Å². The zero-order valence-electron chi connectivity index (χ0n) is 20.5. The number of para-hydroxylation sites is 1. The van der Waals surface area contributed by atoms with E-state index in [0.717, 1.165) is 27.3 Å². The van der Waals surface area contributed by atoms with Crippen molar-refractivity contribution in [2.24, 2.45) is 0 Å². The monoisotopic (exact) mass is 480 g/mol. The number of ether oxygens (including phenoxy) is 1. The highest BCUT2D eigenvalue weighted by Gasteiger charge is 2.30. The molecule has 0 aliphatic heterocycles. The molecule has 1 N–H and O–H groups in total. The van der Waals surface area contributed by atoms with Crippen LogP contribution in [0.4, 0.5) is 5.69 Å². The third-order valence-electron chi connectivity index (χ3n) is 5.87. The number of carbonyl (C=O) groups is 1. The fourth-order valence-electron chi connectivity index (χ4n) is 3.96. The van der Waals surface area contributed by atoms with E-state index in [0.29, 0.717) is 17.2 Å². The van der Waals surface area contributed by atoms with Crippen LogP contribution in [0, 0.1) is 20.8 Å². The number of carbonyl (C=O) groups excluding carboxylic acids is 1. The summed E-state index contributed by atoms with van der Waals surface area (Å²) in [4.78, 5) is 13.1. The number of hydrogen-bond acceptors (Lipinski definition) is 4. The molecule has 0 bridgehead atoms. The molecule has 1 amide bonds. The van der Waals surface area contributed by atoms with E-state index in [1.165, 1.54) is 5.56 Å². The van der Waals surface area contributed by atoms with Crippen molar-refractivity contribution in [2.75, 3.05) is 10.6 Å². The van der Waals surface area contributed by atoms with Crippen LogP contribution in [0.1, 0.15) is 42.1 Å². The number of aryl methyl sites for hydroxylation is 3. The molecule has 0 fully saturated rings. The van der Waals surface area contributed by atoms with Gasteiger partial charge in [0.25, 0.3) is 0 Å². The minimum atomic E-state index is -3.72. The largest absolute Gasteiger partial charge is 0.457 e. The maximum absolute atomic E-state index is 13.1. The van der Waals surface area contributed by atoms with Crippen LogP contribution in [0.5, 0.6) is 11.5 Å². The van der Waals surface area contributed by atoms with Gasteiger partial charge in [-0.2, -0.15) is 0 Å². The molecule has 3 aromatic rings. The fraction of sp³-hybridized carbons (Fsp3) is 0.296. The first kappa shape index (κ1) is 25.3. The summed E-state index contributed by atoms with van der Waals surface area (Å²) in [5.41, 5.74) is 4.82. The summed E-state index contributed by atoms with van der Waals surface area (Å²) in [6.45, 7) is 9.59. The topological polar surface area (TPSA) is 75.7 Å². The zero-order valence-corrected chi connectivity index (χ0v) is 21.3.